The van der Waals surface area contributed by atoms with Gasteiger partial charge in [-0.2, -0.15) is 0 Å². The molecule has 2 aromatic rings. The van der Waals surface area contributed by atoms with Gasteiger partial charge in [-0.05, 0) is 48.5 Å². The van der Waals surface area contributed by atoms with Crippen molar-refractivity contribution in [1.29, 1.82) is 0 Å². The van der Waals surface area contributed by atoms with Crippen molar-refractivity contribution in [3.63, 3.8) is 0 Å². The lowest BCUT2D eigenvalue weighted by molar-refractivity contribution is 0.00823. The molecular formula is C20H26BrF2NO. The highest BCUT2D eigenvalue weighted by atomic mass is 79.9. The molecule has 1 atom stereocenters. The summed E-state index contributed by atoms with van der Waals surface area (Å²) in [5.41, 5.74) is -0.590. The molecule has 0 saturated carbocycles. The first-order valence-corrected chi connectivity index (χ1v) is 8.38. The molecule has 0 spiro atoms. The van der Waals surface area contributed by atoms with E-state index < -0.39 is 17.2 Å². The molecule has 25 heavy (non-hydrogen) atoms. The minimum atomic E-state index is -1.47. The van der Waals surface area contributed by atoms with Crippen LogP contribution in [0.25, 0.3) is 0 Å². The highest BCUT2D eigenvalue weighted by Gasteiger charge is 2.38. The van der Waals surface area contributed by atoms with Crippen molar-refractivity contribution in [3.05, 3.63) is 71.3 Å². The molecule has 0 amide bonds. The maximum atomic E-state index is 13.8. The van der Waals surface area contributed by atoms with E-state index in [2.05, 4.69) is 18.7 Å². The van der Waals surface area contributed by atoms with Crippen molar-refractivity contribution < 1.29 is 13.9 Å². The summed E-state index contributed by atoms with van der Waals surface area (Å²) in [6.07, 6.45) is 0. The number of nitrogens with zero attached hydrogens (tertiary/aromatic N) is 1. The van der Waals surface area contributed by atoms with Gasteiger partial charge in [0.15, 0.2) is 0 Å². The summed E-state index contributed by atoms with van der Waals surface area (Å²) in [6.45, 7) is 8.34. The third-order valence-electron chi connectivity index (χ3n) is 4.67. The number of halogens is 3. The molecule has 2 nitrogen and oxygen atoms in total. The first-order valence-electron chi connectivity index (χ1n) is 8.38. The summed E-state index contributed by atoms with van der Waals surface area (Å²) in [7, 11) is 0. The molecule has 0 aromatic heterocycles. The van der Waals surface area contributed by atoms with Crippen LogP contribution in [0.2, 0.25) is 0 Å². The Labute approximate surface area is 159 Å². The van der Waals surface area contributed by atoms with Crippen LogP contribution < -0.4 is 0 Å². The Balaban J connectivity index is 0.00000312. The van der Waals surface area contributed by atoms with E-state index in [-0.39, 0.29) is 22.9 Å². The number of rotatable bonds is 7. The minimum absolute atomic E-state index is 0. The fraction of sp³-hybridized carbons (Fsp3) is 0.400. The zero-order valence-electron chi connectivity index (χ0n) is 14.9. The number of aliphatic hydroxyl groups is 1. The Morgan fingerprint density at radius 1 is 0.960 bits per heavy atom. The summed E-state index contributed by atoms with van der Waals surface area (Å²) < 4.78 is 27.5. The van der Waals surface area contributed by atoms with Gasteiger partial charge >= 0.3 is 0 Å². The fourth-order valence-corrected chi connectivity index (χ4v) is 3.19. The van der Waals surface area contributed by atoms with Crippen molar-refractivity contribution in [2.75, 3.05) is 19.6 Å². The van der Waals surface area contributed by atoms with Crippen molar-refractivity contribution in [3.8, 4) is 0 Å². The minimum Gasteiger partial charge on any atom is -0.380 e. The van der Waals surface area contributed by atoms with Crippen LogP contribution in [0, 0.1) is 17.6 Å². The SMILES string of the molecule is Br.CCN(CC)CC(C)C(O)(c1cccc(F)c1)c1cccc(F)c1. The zero-order valence-corrected chi connectivity index (χ0v) is 16.6. The lowest BCUT2D eigenvalue weighted by Gasteiger charge is -2.38. The molecule has 0 aliphatic rings. The van der Waals surface area contributed by atoms with Crippen molar-refractivity contribution >= 4 is 17.0 Å². The lowest BCUT2D eigenvalue weighted by Crippen LogP contribution is -2.42. The number of benzene rings is 2. The summed E-state index contributed by atoms with van der Waals surface area (Å²) >= 11 is 0. The van der Waals surface area contributed by atoms with Gasteiger partial charge in [-0.15, -0.1) is 17.0 Å². The predicted molar refractivity (Wildman–Crippen MR) is 103 cm³/mol. The normalized spacial score (nSPS) is 12.8. The molecule has 1 N–H and O–H groups in total. The average molecular weight is 414 g/mol. The molecule has 0 saturated heterocycles. The summed E-state index contributed by atoms with van der Waals surface area (Å²) in [6, 6.07) is 11.8. The molecule has 0 radical (unpaired) electrons. The molecule has 5 heteroatoms. The van der Waals surface area contributed by atoms with E-state index in [1.54, 1.807) is 24.3 Å². The number of hydrogen-bond donors (Lipinski definition) is 1. The Kier molecular flexibility index (Phi) is 8.19. The van der Waals surface area contributed by atoms with E-state index >= 15 is 0 Å². The molecule has 2 rings (SSSR count). The van der Waals surface area contributed by atoms with Crippen molar-refractivity contribution in [2.24, 2.45) is 5.92 Å². The van der Waals surface area contributed by atoms with Crippen LogP contribution in [-0.2, 0) is 5.60 Å². The predicted octanol–water partition coefficient (Wildman–Crippen LogP) is 4.76. The Morgan fingerprint density at radius 2 is 1.40 bits per heavy atom. The Bertz CT molecular complexity index is 631. The van der Waals surface area contributed by atoms with E-state index in [0.29, 0.717) is 17.7 Å². The largest absolute Gasteiger partial charge is 0.380 e. The monoisotopic (exact) mass is 413 g/mol. The topological polar surface area (TPSA) is 23.5 Å². The lowest BCUT2D eigenvalue weighted by atomic mass is 9.76. The molecular weight excluding hydrogens is 388 g/mol. The molecule has 0 aliphatic heterocycles. The Hall–Kier alpha value is -1.30. The zero-order chi connectivity index (χ0) is 17.7. The van der Waals surface area contributed by atoms with Gasteiger partial charge in [0, 0.05) is 12.5 Å². The van der Waals surface area contributed by atoms with Gasteiger partial charge < -0.3 is 10.0 Å². The van der Waals surface area contributed by atoms with Gasteiger partial charge in [-0.1, -0.05) is 45.0 Å². The van der Waals surface area contributed by atoms with E-state index in [9.17, 15) is 13.9 Å². The first kappa shape index (κ1) is 21.7. The molecule has 138 valence electrons. The summed E-state index contributed by atoms with van der Waals surface area (Å²) in [4.78, 5) is 2.19. The third-order valence-corrected chi connectivity index (χ3v) is 4.67. The standard InChI is InChI=1S/C20H25F2NO.BrH/c1-4-23(5-2)14-15(3)20(24,16-8-6-10-18(21)12-16)17-9-7-11-19(22)13-17;/h6-13,15,24H,4-5,14H2,1-3H3;1H. The maximum Gasteiger partial charge on any atom is 0.123 e. The second-order valence-electron chi connectivity index (χ2n) is 6.17. The Morgan fingerprint density at radius 3 is 1.76 bits per heavy atom. The van der Waals surface area contributed by atoms with Crippen LogP contribution in [0.4, 0.5) is 8.78 Å². The first-order chi connectivity index (χ1) is 11.4. The maximum absolute atomic E-state index is 13.8. The summed E-state index contributed by atoms with van der Waals surface area (Å²) in [5.74, 6) is -1.09. The van der Waals surface area contributed by atoms with Crippen molar-refractivity contribution in [1.82, 2.24) is 4.90 Å². The second kappa shape index (κ2) is 9.41. The molecule has 2 aromatic carbocycles. The molecule has 0 fully saturated rings. The van der Waals surface area contributed by atoms with Crippen LogP contribution >= 0.6 is 17.0 Å². The van der Waals surface area contributed by atoms with Crippen LogP contribution in [0.5, 0.6) is 0 Å². The van der Waals surface area contributed by atoms with Gasteiger partial charge in [-0.3, -0.25) is 0 Å². The second-order valence-corrected chi connectivity index (χ2v) is 6.17. The smallest absolute Gasteiger partial charge is 0.123 e. The molecule has 0 bridgehead atoms. The molecule has 0 heterocycles. The van der Waals surface area contributed by atoms with E-state index in [4.69, 9.17) is 0 Å². The quantitative estimate of drug-likeness (QED) is 0.707. The van der Waals surface area contributed by atoms with Crippen LogP contribution in [0.15, 0.2) is 48.5 Å². The average Bonchev–Trinajstić information content (AvgIpc) is 2.58. The van der Waals surface area contributed by atoms with Crippen LogP contribution in [-0.4, -0.2) is 29.6 Å². The van der Waals surface area contributed by atoms with E-state index in [0.717, 1.165) is 13.1 Å². The van der Waals surface area contributed by atoms with Gasteiger partial charge in [0.2, 0.25) is 0 Å². The van der Waals surface area contributed by atoms with Gasteiger partial charge in [-0.25, -0.2) is 8.78 Å². The number of hydrogen-bond acceptors (Lipinski definition) is 2. The van der Waals surface area contributed by atoms with Crippen LogP contribution in [0.1, 0.15) is 31.9 Å². The van der Waals surface area contributed by atoms with Gasteiger partial charge in [0.05, 0.1) is 0 Å². The van der Waals surface area contributed by atoms with Gasteiger partial charge in [0.25, 0.3) is 0 Å². The van der Waals surface area contributed by atoms with Crippen molar-refractivity contribution in [2.45, 2.75) is 26.4 Å². The molecule has 1 unspecified atom stereocenters. The molecule has 0 aliphatic carbocycles. The highest BCUT2D eigenvalue weighted by Crippen LogP contribution is 2.37. The highest BCUT2D eigenvalue weighted by molar-refractivity contribution is 8.93. The third kappa shape index (κ3) is 4.87. The van der Waals surface area contributed by atoms with Gasteiger partial charge in [0.1, 0.15) is 17.2 Å². The van der Waals surface area contributed by atoms with E-state index in [1.165, 1.54) is 24.3 Å². The summed E-state index contributed by atoms with van der Waals surface area (Å²) in [5, 5.41) is 11.6. The van der Waals surface area contributed by atoms with Crippen LogP contribution in [0.3, 0.4) is 0 Å². The van der Waals surface area contributed by atoms with E-state index in [1.807, 2.05) is 6.92 Å². The fourth-order valence-electron chi connectivity index (χ4n) is 3.19.